The molecule has 0 bridgehead atoms. The highest BCUT2D eigenvalue weighted by molar-refractivity contribution is 5.78. The lowest BCUT2D eigenvalue weighted by Gasteiger charge is -2.06. The summed E-state index contributed by atoms with van der Waals surface area (Å²) in [6, 6.07) is 0.383. The molecule has 0 saturated carbocycles. The van der Waals surface area contributed by atoms with Crippen molar-refractivity contribution >= 4 is 5.78 Å². The molecule has 1 rings (SSSR count). The molecule has 1 aliphatic rings. The molecule has 0 amide bonds. The Balaban J connectivity index is 2.29. The lowest BCUT2D eigenvalue weighted by molar-refractivity contribution is -0.120. The van der Waals surface area contributed by atoms with Crippen LogP contribution in [0.15, 0.2) is 0 Å². The Morgan fingerprint density at radius 3 is 2.91 bits per heavy atom. The van der Waals surface area contributed by atoms with Gasteiger partial charge in [0.25, 0.3) is 0 Å². The fourth-order valence-electron chi connectivity index (χ4n) is 1.46. The Bertz CT molecular complexity index is 147. The summed E-state index contributed by atoms with van der Waals surface area (Å²) in [6.45, 7) is 3.19. The van der Waals surface area contributed by atoms with E-state index in [-0.39, 0.29) is 11.7 Å². The summed E-state index contributed by atoms with van der Waals surface area (Å²) >= 11 is 0. The zero-order valence-electron chi connectivity index (χ0n) is 7.09. The van der Waals surface area contributed by atoms with Crippen LogP contribution in [-0.2, 0) is 9.53 Å². The molecule has 1 heterocycles. The summed E-state index contributed by atoms with van der Waals surface area (Å²) in [5, 5.41) is 3.24. The van der Waals surface area contributed by atoms with Crippen molar-refractivity contribution in [2.24, 2.45) is 5.92 Å². The number of rotatable bonds is 3. The van der Waals surface area contributed by atoms with Crippen molar-refractivity contribution in [3.05, 3.63) is 0 Å². The Morgan fingerprint density at radius 2 is 2.45 bits per heavy atom. The molecule has 1 saturated heterocycles. The number of hydrogen-bond donors (Lipinski definition) is 1. The molecule has 0 aromatic heterocycles. The van der Waals surface area contributed by atoms with Gasteiger partial charge in [0.1, 0.15) is 5.78 Å². The van der Waals surface area contributed by atoms with E-state index in [0.717, 1.165) is 13.0 Å². The fraction of sp³-hybridized carbons (Fsp3) is 0.875. The van der Waals surface area contributed by atoms with Crippen molar-refractivity contribution in [3.8, 4) is 0 Å². The normalized spacial score (nSPS) is 30.7. The molecule has 1 N–H and O–H groups in total. The van der Waals surface area contributed by atoms with Crippen molar-refractivity contribution in [2.75, 3.05) is 20.3 Å². The number of ether oxygens (including phenoxy) is 1. The van der Waals surface area contributed by atoms with E-state index in [1.807, 2.05) is 0 Å². The maximum absolute atomic E-state index is 10.9. The maximum Gasteiger partial charge on any atom is 0.134 e. The first-order chi connectivity index (χ1) is 5.24. The Labute approximate surface area is 67.1 Å². The number of ketones is 1. The van der Waals surface area contributed by atoms with E-state index in [1.165, 1.54) is 0 Å². The van der Waals surface area contributed by atoms with Gasteiger partial charge in [0.2, 0.25) is 0 Å². The molecule has 0 unspecified atom stereocenters. The van der Waals surface area contributed by atoms with Gasteiger partial charge in [-0.05, 0) is 13.3 Å². The van der Waals surface area contributed by atoms with Crippen molar-refractivity contribution in [1.82, 2.24) is 5.32 Å². The molecule has 1 aliphatic heterocycles. The zero-order chi connectivity index (χ0) is 8.27. The van der Waals surface area contributed by atoms with Gasteiger partial charge in [0.05, 0.1) is 6.61 Å². The van der Waals surface area contributed by atoms with Crippen LogP contribution in [0.1, 0.15) is 13.3 Å². The monoisotopic (exact) mass is 157 g/mol. The first-order valence-corrected chi connectivity index (χ1v) is 3.96. The minimum Gasteiger partial charge on any atom is -0.383 e. The maximum atomic E-state index is 10.9. The van der Waals surface area contributed by atoms with Gasteiger partial charge in [-0.15, -0.1) is 0 Å². The SMILES string of the molecule is COC[C@H]1C[C@@H](C(C)=O)CN1. The molecule has 2 atom stereocenters. The average molecular weight is 157 g/mol. The summed E-state index contributed by atoms with van der Waals surface area (Å²) in [5.74, 6) is 0.506. The van der Waals surface area contributed by atoms with Gasteiger partial charge in [0.15, 0.2) is 0 Å². The lowest BCUT2D eigenvalue weighted by atomic mass is 10.0. The highest BCUT2D eigenvalue weighted by Gasteiger charge is 2.26. The third-order valence-electron chi connectivity index (χ3n) is 2.16. The van der Waals surface area contributed by atoms with Crippen LogP contribution in [0.4, 0.5) is 0 Å². The smallest absolute Gasteiger partial charge is 0.134 e. The summed E-state index contributed by atoms with van der Waals surface area (Å²) in [6.07, 6.45) is 0.934. The van der Waals surface area contributed by atoms with E-state index in [0.29, 0.717) is 12.6 Å². The first-order valence-electron chi connectivity index (χ1n) is 3.96. The zero-order valence-corrected chi connectivity index (χ0v) is 7.09. The number of methoxy groups -OCH3 is 1. The minimum atomic E-state index is 0.218. The van der Waals surface area contributed by atoms with E-state index in [2.05, 4.69) is 5.32 Å². The summed E-state index contributed by atoms with van der Waals surface area (Å²) in [7, 11) is 1.68. The van der Waals surface area contributed by atoms with E-state index >= 15 is 0 Å². The molecule has 64 valence electrons. The number of carbonyl (C=O) groups excluding carboxylic acids is 1. The van der Waals surface area contributed by atoms with Gasteiger partial charge in [-0.1, -0.05) is 0 Å². The van der Waals surface area contributed by atoms with Crippen LogP contribution in [-0.4, -0.2) is 32.1 Å². The van der Waals surface area contributed by atoms with Crippen LogP contribution in [0.2, 0.25) is 0 Å². The largest absolute Gasteiger partial charge is 0.383 e. The van der Waals surface area contributed by atoms with Gasteiger partial charge >= 0.3 is 0 Å². The molecule has 11 heavy (non-hydrogen) atoms. The number of nitrogens with one attached hydrogen (secondary N) is 1. The average Bonchev–Trinajstić information content (AvgIpc) is 2.37. The molecule has 3 nitrogen and oxygen atoms in total. The molecule has 1 fully saturated rings. The standard InChI is InChI=1S/C8H15NO2/c1-6(10)7-3-8(5-11-2)9-4-7/h7-9H,3-5H2,1-2H3/t7-,8-/m1/s1. The highest BCUT2D eigenvalue weighted by atomic mass is 16.5. The lowest BCUT2D eigenvalue weighted by Crippen LogP contribution is -2.25. The van der Waals surface area contributed by atoms with Crippen molar-refractivity contribution < 1.29 is 9.53 Å². The third-order valence-corrected chi connectivity index (χ3v) is 2.16. The quantitative estimate of drug-likeness (QED) is 0.636. The molecule has 0 aromatic carbocycles. The van der Waals surface area contributed by atoms with Crippen molar-refractivity contribution in [2.45, 2.75) is 19.4 Å². The summed E-state index contributed by atoms with van der Waals surface area (Å²) < 4.78 is 4.98. The van der Waals surface area contributed by atoms with Crippen LogP contribution in [0.3, 0.4) is 0 Å². The molecule has 0 spiro atoms. The molecule has 0 radical (unpaired) electrons. The van der Waals surface area contributed by atoms with Crippen LogP contribution in [0.5, 0.6) is 0 Å². The van der Waals surface area contributed by atoms with Gasteiger partial charge in [-0.2, -0.15) is 0 Å². The second kappa shape index (κ2) is 3.83. The molecule has 0 aromatic rings. The van der Waals surface area contributed by atoms with Gasteiger partial charge in [0, 0.05) is 25.6 Å². The van der Waals surface area contributed by atoms with Gasteiger partial charge in [-0.25, -0.2) is 0 Å². The third kappa shape index (κ3) is 2.27. The predicted octanol–water partition coefficient (Wildman–Crippen LogP) is 0.200. The fourth-order valence-corrected chi connectivity index (χ4v) is 1.46. The second-order valence-electron chi connectivity index (χ2n) is 3.10. The number of hydrogen-bond acceptors (Lipinski definition) is 3. The molecular weight excluding hydrogens is 142 g/mol. The van der Waals surface area contributed by atoms with Crippen LogP contribution in [0.25, 0.3) is 0 Å². The number of Topliss-reactive ketones (excluding diaryl/α,β-unsaturated/α-hetero) is 1. The second-order valence-corrected chi connectivity index (χ2v) is 3.10. The van der Waals surface area contributed by atoms with E-state index in [4.69, 9.17) is 4.74 Å². The van der Waals surface area contributed by atoms with Gasteiger partial charge in [-0.3, -0.25) is 4.79 Å². The van der Waals surface area contributed by atoms with Crippen LogP contribution in [0, 0.1) is 5.92 Å². The van der Waals surface area contributed by atoms with Crippen molar-refractivity contribution in [3.63, 3.8) is 0 Å². The Kier molecular flexibility index (Phi) is 3.02. The molecule has 0 aliphatic carbocycles. The highest BCUT2D eigenvalue weighted by Crippen LogP contribution is 2.14. The van der Waals surface area contributed by atoms with Gasteiger partial charge < -0.3 is 10.1 Å². The Morgan fingerprint density at radius 1 is 1.73 bits per heavy atom. The molecule has 3 heteroatoms. The van der Waals surface area contributed by atoms with Crippen LogP contribution < -0.4 is 5.32 Å². The van der Waals surface area contributed by atoms with Crippen molar-refractivity contribution in [1.29, 1.82) is 0 Å². The topological polar surface area (TPSA) is 38.3 Å². The minimum absolute atomic E-state index is 0.218. The number of carbonyl (C=O) groups is 1. The first kappa shape index (κ1) is 8.68. The van der Waals surface area contributed by atoms with E-state index < -0.39 is 0 Å². The van der Waals surface area contributed by atoms with E-state index in [1.54, 1.807) is 14.0 Å². The van der Waals surface area contributed by atoms with E-state index in [9.17, 15) is 4.79 Å². The summed E-state index contributed by atoms with van der Waals surface area (Å²) in [4.78, 5) is 10.9. The summed E-state index contributed by atoms with van der Waals surface area (Å²) in [5.41, 5.74) is 0. The van der Waals surface area contributed by atoms with Crippen LogP contribution >= 0.6 is 0 Å². The molecular formula is C8H15NO2. The predicted molar refractivity (Wildman–Crippen MR) is 42.5 cm³/mol. The Hall–Kier alpha value is -0.410.